The van der Waals surface area contributed by atoms with E-state index in [1.165, 1.54) is 6.08 Å². The summed E-state index contributed by atoms with van der Waals surface area (Å²) in [6.07, 6.45) is 2.93. The summed E-state index contributed by atoms with van der Waals surface area (Å²) in [4.78, 5) is 29.3. The van der Waals surface area contributed by atoms with E-state index in [0.717, 1.165) is 22.2 Å². The summed E-state index contributed by atoms with van der Waals surface area (Å²) in [7, 11) is 5.56. The summed E-state index contributed by atoms with van der Waals surface area (Å²) in [5, 5.41) is 3.82. The number of carbonyl (C=O) groups excluding carboxylic acids is 1. The van der Waals surface area contributed by atoms with Crippen LogP contribution in [0.1, 0.15) is 17.2 Å². The molecule has 1 unspecified atom stereocenters. The molecular formula is C23H25N3O3. The van der Waals surface area contributed by atoms with E-state index in [1.54, 1.807) is 19.3 Å². The SMILES string of the molecule is COc1ccc(C(CNC(=O)/C=C/c2cc3ccccc3[nH]c2=O)N(C)C)cc1. The first kappa shape index (κ1) is 20.4. The number of H-pyrrole nitrogens is 1. The van der Waals surface area contributed by atoms with Crippen LogP contribution >= 0.6 is 0 Å². The Kier molecular flexibility index (Phi) is 6.46. The van der Waals surface area contributed by atoms with Crippen molar-refractivity contribution in [2.75, 3.05) is 27.7 Å². The zero-order chi connectivity index (χ0) is 20.8. The Morgan fingerprint density at radius 1 is 1.17 bits per heavy atom. The van der Waals surface area contributed by atoms with Crippen molar-refractivity contribution in [3.05, 3.63) is 82.2 Å². The Labute approximate surface area is 169 Å². The maximum Gasteiger partial charge on any atom is 0.255 e. The number of methoxy groups -OCH3 is 1. The molecule has 0 spiro atoms. The van der Waals surface area contributed by atoms with Gasteiger partial charge in [-0.3, -0.25) is 9.59 Å². The average molecular weight is 391 g/mol. The number of benzene rings is 2. The zero-order valence-electron chi connectivity index (χ0n) is 16.8. The molecule has 0 saturated carbocycles. The number of fused-ring (bicyclic) bond motifs is 1. The number of ether oxygens (including phenoxy) is 1. The number of amides is 1. The second-order valence-electron chi connectivity index (χ2n) is 6.97. The highest BCUT2D eigenvalue weighted by molar-refractivity contribution is 5.92. The molecule has 29 heavy (non-hydrogen) atoms. The van der Waals surface area contributed by atoms with Crippen molar-refractivity contribution in [1.82, 2.24) is 15.2 Å². The summed E-state index contributed by atoms with van der Waals surface area (Å²) in [5.74, 6) is 0.539. The van der Waals surface area contributed by atoms with Crippen LogP contribution in [0.4, 0.5) is 0 Å². The normalized spacial score (nSPS) is 12.4. The number of nitrogens with zero attached hydrogens (tertiary/aromatic N) is 1. The molecule has 0 radical (unpaired) electrons. The largest absolute Gasteiger partial charge is 0.497 e. The van der Waals surface area contributed by atoms with E-state index in [0.29, 0.717) is 12.1 Å². The van der Waals surface area contributed by atoms with Crippen molar-refractivity contribution in [2.45, 2.75) is 6.04 Å². The highest BCUT2D eigenvalue weighted by atomic mass is 16.5. The molecule has 0 aliphatic carbocycles. The van der Waals surface area contributed by atoms with E-state index >= 15 is 0 Å². The van der Waals surface area contributed by atoms with Gasteiger partial charge in [-0.05, 0) is 55.4 Å². The van der Waals surface area contributed by atoms with Crippen LogP contribution in [-0.2, 0) is 4.79 Å². The Bertz CT molecular complexity index is 1070. The minimum atomic E-state index is -0.252. The van der Waals surface area contributed by atoms with Crippen molar-refractivity contribution < 1.29 is 9.53 Å². The molecule has 0 saturated heterocycles. The third kappa shape index (κ3) is 5.12. The Morgan fingerprint density at radius 3 is 2.59 bits per heavy atom. The molecule has 1 atom stereocenters. The van der Waals surface area contributed by atoms with Crippen LogP contribution in [0.15, 0.2) is 65.5 Å². The van der Waals surface area contributed by atoms with E-state index in [1.807, 2.05) is 67.5 Å². The van der Waals surface area contributed by atoms with Crippen LogP contribution in [0.2, 0.25) is 0 Å². The third-order valence-electron chi connectivity index (χ3n) is 4.79. The number of pyridine rings is 1. The van der Waals surface area contributed by atoms with Crippen LogP contribution in [-0.4, -0.2) is 43.5 Å². The predicted molar refractivity (Wildman–Crippen MR) is 116 cm³/mol. The van der Waals surface area contributed by atoms with Gasteiger partial charge in [-0.2, -0.15) is 0 Å². The second kappa shape index (κ2) is 9.21. The summed E-state index contributed by atoms with van der Waals surface area (Å²) in [6, 6.07) is 17.1. The van der Waals surface area contributed by atoms with E-state index < -0.39 is 0 Å². The van der Waals surface area contributed by atoms with E-state index in [-0.39, 0.29) is 17.5 Å². The number of hydrogen-bond acceptors (Lipinski definition) is 4. The summed E-state index contributed by atoms with van der Waals surface area (Å²) in [6.45, 7) is 0.441. The highest BCUT2D eigenvalue weighted by Crippen LogP contribution is 2.20. The molecule has 3 rings (SSSR count). The van der Waals surface area contributed by atoms with Gasteiger partial charge in [-0.1, -0.05) is 30.3 Å². The number of rotatable bonds is 7. The zero-order valence-corrected chi connectivity index (χ0v) is 16.8. The molecule has 0 aliphatic heterocycles. The quantitative estimate of drug-likeness (QED) is 0.607. The van der Waals surface area contributed by atoms with Crippen LogP contribution in [0, 0.1) is 0 Å². The van der Waals surface area contributed by atoms with Crippen molar-refractivity contribution >= 4 is 22.9 Å². The third-order valence-corrected chi connectivity index (χ3v) is 4.79. The maximum absolute atomic E-state index is 12.3. The number of likely N-dealkylation sites (N-methyl/N-ethyl adjacent to an activating group) is 1. The van der Waals surface area contributed by atoms with Crippen molar-refractivity contribution in [3.63, 3.8) is 0 Å². The van der Waals surface area contributed by atoms with Gasteiger partial charge in [0.25, 0.3) is 5.56 Å². The van der Waals surface area contributed by atoms with Gasteiger partial charge in [0.05, 0.1) is 13.2 Å². The summed E-state index contributed by atoms with van der Waals surface area (Å²) < 4.78 is 5.20. The fourth-order valence-corrected chi connectivity index (χ4v) is 3.13. The lowest BCUT2D eigenvalue weighted by Gasteiger charge is -2.25. The number of carbonyl (C=O) groups is 1. The van der Waals surface area contributed by atoms with Crippen molar-refractivity contribution in [1.29, 1.82) is 0 Å². The van der Waals surface area contributed by atoms with Gasteiger partial charge in [-0.15, -0.1) is 0 Å². The minimum Gasteiger partial charge on any atom is -0.497 e. The molecule has 2 aromatic carbocycles. The lowest BCUT2D eigenvalue weighted by atomic mass is 10.1. The summed E-state index contributed by atoms with van der Waals surface area (Å²) in [5.41, 5.74) is 2.06. The monoisotopic (exact) mass is 391 g/mol. The Morgan fingerprint density at radius 2 is 1.90 bits per heavy atom. The van der Waals surface area contributed by atoms with Crippen LogP contribution in [0.5, 0.6) is 5.75 Å². The lowest BCUT2D eigenvalue weighted by molar-refractivity contribution is -0.116. The van der Waals surface area contributed by atoms with Crippen molar-refractivity contribution in [3.8, 4) is 5.75 Å². The number of aromatic amines is 1. The average Bonchev–Trinajstić information content (AvgIpc) is 2.72. The lowest BCUT2D eigenvalue weighted by Crippen LogP contribution is -2.33. The van der Waals surface area contributed by atoms with Gasteiger partial charge in [0.15, 0.2) is 0 Å². The first-order chi connectivity index (χ1) is 14.0. The number of aromatic nitrogens is 1. The molecular weight excluding hydrogens is 366 g/mol. The molecule has 1 amide bonds. The molecule has 6 heteroatoms. The molecule has 150 valence electrons. The molecule has 0 fully saturated rings. The number of para-hydroxylation sites is 1. The highest BCUT2D eigenvalue weighted by Gasteiger charge is 2.15. The van der Waals surface area contributed by atoms with Crippen molar-refractivity contribution in [2.24, 2.45) is 0 Å². The van der Waals surface area contributed by atoms with Gasteiger partial charge in [0.2, 0.25) is 5.91 Å². The first-order valence-electron chi connectivity index (χ1n) is 9.36. The second-order valence-corrected chi connectivity index (χ2v) is 6.97. The first-order valence-corrected chi connectivity index (χ1v) is 9.36. The van der Waals surface area contributed by atoms with Crippen LogP contribution in [0.3, 0.4) is 0 Å². The Balaban J connectivity index is 1.67. The number of nitrogens with one attached hydrogen (secondary N) is 2. The molecule has 6 nitrogen and oxygen atoms in total. The standard InChI is InChI=1S/C23H25N3O3/c1-26(2)21(16-8-11-19(29-3)12-9-16)15-24-22(27)13-10-18-14-17-6-4-5-7-20(17)25-23(18)28/h4-14,21H,15H2,1-3H3,(H,24,27)(H,25,28)/b13-10+. The molecule has 1 heterocycles. The molecule has 0 aliphatic rings. The fraction of sp³-hybridized carbons (Fsp3) is 0.217. The van der Waals surface area contributed by atoms with Crippen LogP contribution in [0.25, 0.3) is 17.0 Å². The van der Waals surface area contributed by atoms with Crippen LogP contribution < -0.4 is 15.6 Å². The maximum atomic E-state index is 12.3. The van der Waals surface area contributed by atoms with E-state index in [9.17, 15) is 9.59 Å². The van der Waals surface area contributed by atoms with Gasteiger partial charge in [-0.25, -0.2) is 0 Å². The predicted octanol–water partition coefficient (Wildman–Crippen LogP) is 2.97. The smallest absolute Gasteiger partial charge is 0.255 e. The van der Waals surface area contributed by atoms with Gasteiger partial charge in [0, 0.05) is 23.7 Å². The molecule has 2 N–H and O–H groups in total. The molecule has 0 bridgehead atoms. The summed E-state index contributed by atoms with van der Waals surface area (Å²) >= 11 is 0. The van der Waals surface area contributed by atoms with Gasteiger partial charge in [0.1, 0.15) is 5.75 Å². The van der Waals surface area contributed by atoms with E-state index in [4.69, 9.17) is 4.74 Å². The Hall–Kier alpha value is -3.38. The minimum absolute atomic E-state index is 0.0160. The molecule has 1 aromatic heterocycles. The van der Waals surface area contributed by atoms with Gasteiger partial charge >= 0.3 is 0 Å². The van der Waals surface area contributed by atoms with Gasteiger partial charge < -0.3 is 19.9 Å². The topological polar surface area (TPSA) is 74.4 Å². The fourth-order valence-electron chi connectivity index (χ4n) is 3.13. The van der Waals surface area contributed by atoms with E-state index in [2.05, 4.69) is 10.3 Å². The number of hydrogen-bond donors (Lipinski definition) is 2. The molecule has 3 aromatic rings.